The molecule has 4 rings (SSSR count). The molecular formula is C35H47F3N6O5. The highest BCUT2D eigenvalue weighted by Crippen LogP contribution is 2.32. The monoisotopic (exact) mass is 688 g/mol. The second-order valence-corrected chi connectivity index (χ2v) is 12.9. The molecule has 3 atom stereocenters. The predicted octanol–water partition coefficient (Wildman–Crippen LogP) is 4.19. The maximum Gasteiger partial charge on any atom is 0.351 e. The van der Waals surface area contributed by atoms with Crippen molar-refractivity contribution in [3.8, 4) is 5.75 Å². The van der Waals surface area contributed by atoms with E-state index in [1.807, 2.05) is 7.05 Å². The van der Waals surface area contributed by atoms with Crippen LogP contribution < -0.4 is 20.7 Å². The van der Waals surface area contributed by atoms with Crippen molar-refractivity contribution < 1.29 is 37.1 Å². The Balaban J connectivity index is 1.54. The second kappa shape index (κ2) is 17.0. The van der Waals surface area contributed by atoms with Crippen molar-refractivity contribution in [2.45, 2.75) is 82.7 Å². The smallest absolute Gasteiger partial charge is 0.351 e. The summed E-state index contributed by atoms with van der Waals surface area (Å²) < 4.78 is 51.3. The number of alkyl halides is 2. The van der Waals surface area contributed by atoms with Crippen LogP contribution in [0.5, 0.6) is 5.75 Å². The molecule has 1 saturated heterocycles. The van der Waals surface area contributed by atoms with Crippen LogP contribution in [-0.4, -0.2) is 90.8 Å². The number of pyridine rings is 1. The van der Waals surface area contributed by atoms with E-state index in [2.05, 4.69) is 25.8 Å². The lowest BCUT2D eigenvalue weighted by molar-refractivity contribution is -0.149. The van der Waals surface area contributed by atoms with Crippen LogP contribution in [0.15, 0.2) is 36.7 Å². The van der Waals surface area contributed by atoms with Crippen LogP contribution in [0.1, 0.15) is 75.8 Å². The molecule has 0 radical (unpaired) electrons. The highest BCUT2D eigenvalue weighted by molar-refractivity contribution is 5.98. The summed E-state index contributed by atoms with van der Waals surface area (Å²) >= 11 is 0. The van der Waals surface area contributed by atoms with E-state index >= 15 is 13.2 Å². The van der Waals surface area contributed by atoms with E-state index < -0.39 is 53.0 Å². The van der Waals surface area contributed by atoms with E-state index in [1.165, 1.54) is 25.4 Å². The van der Waals surface area contributed by atoms with Gasteiger partial charge in [-0.15, -0.1) is 0 Å². The number of hydrogen-bond acceptors (Lipinski definition) is 7. The summed E-state index contributed by atoms with van der Waals surface area (Å²) in [7, 11) is 3.25. The summed E-state index contributed by atoms with van der Waals surface area (Å²) in [6, 6.07) is 2.78. The Bertz CT molecular complexity index is 1480. The summed E-state index contributed by atoms with van der Waals surface area (Å²) in [4.78, 5) is 60.2. The Hall–Kier alpha value is -4.20. The Kier molecular flexibility index (Phi) is 13.0. The maximum absolute atomic E-state index is 15.6. The van der Waals surface area contributed by atoms with E-state index in [0.29, 0.717) is 44.6 Å². The average Bonchev–Trinajstić information content (AvgIpc) is 3.39. The van der Waals surface area contributed by atoms with Crippen LogP contribution >= 0.6 is 0 Å². The van der Waals surface area contributed by atoms with Gasteiger partial charge in [-0.05, 0) is 49.6 Å². The van der Waals surface area contributed by atoms with Gasteiger partial charge in [-0.2, -0.15) is 8.78 Å². The fourth-order valence-electron chi connectivity index (χ4n) is 6.33. The molecule has 1 aromatic heterocycles. The zero-order valence-corrected chi connectivity index (χ0v) is 28.6. The highest BCUT2D eigenvalue weighted by Gasteiger charge is 2.44. The van der Waals surface area contributed by atoms with Crippen LogP contribution in [0.2, 0.25) is 0 Å². The molecule has 0 spiro atoms. The van der Waals surface area contributed by atoms with Gasteiger partial charge < -0.3 is 30.5 Å². The fraction of sp³-hybridized carbons (Fsp3) is 0.571. The number of amides is 4. The normalized spacial score (nSPS) is 18.1. The van der Waals surface area contributed by atoms with Gasteiger partial charge in [0.2, 0.25) is 17.7 Å². The largest absolute Gasteiger partial charge is 0.495 e. The van der Waals surface area contributed by atoms with Gasteiger partial charge >= 0.3 is 5.92 Å². The topological polar surface area (TPSA) is 133 Å². The minimum atomic E-state index is -4.03. The molecule has 2 aromatic rings. The van der Waals surface area contributed by atoms with Gasteiger partial charge in [-0.25, -0.2) is 4.39 Å². The lowest BCUT2D eigenvalue weighted by Gasteiger charge is -2.36. The van der Waals surface area contributed by atoms with Crippen molar-refractivity contribution in [2.75, 3.05) is 45.7 Å². The first-order chi connectivity index (χ1) is 23.3. The Labute approximate surface area is 285 Å². The minimum Gasteiger partial charge on any atom is -0.495 e. The fourth-order valence-corrected chi connectivity index (χ4v) is 6.33. The SMILES string of the molecule is CCC(=O)NC(C(=O)N1CCN(C)CC1)C(C)c1ccc(NC(=O)C(NC(=O)C(F)(F)c2cncc(OC)c2)C2CCCCCC2)c(F)c1. The minimum absolute atomic E-state index is 0.0408. The summed E-state index contributed by atoms with van der Waals surface area (Å²) in [5.41, 5.74) is -0.490. The van der Waals surface area contributed by atoms with Crippen LogP contribution in [-0.2, 0) is 25.1 Å². The van der Waals surface area contributed by atoms with Gasteiger partial charge in [0.1, 0.15) is 23.7 Å². The Morgan fingerprint density at radius 3 is 2.29 bits per heavy atom. The number of carbonyl (C=O) groups excluding carboxylic acids is 4. The number of anilines is 1. The standard InChI is InChI=1S/C35H47F3N6O5/c1-5-29(45)41-30(33(47)44-16-14-43(3)15-17-44)22(2)24-12-13-28(27(36)18-24)40-32(46)31(23-10-8-6-7-9-11-23)42-34(48)35(37,38)25-19-26(49-4)21-39-20-25/h12-13,18-23,30-31H,5-11,14-17H2,1-4H3,(H,40,46)(H,41,45)(H,42,48). The first kappa shape index (κ1) is 37.6. The van der Waals surface area contributed by atoms with Crippen molar-refractivity contribution in [2.24, 2.45) is 5.92 Å². The van der Waals surface area contributed by atoms with Gasteiger partial charge in [-0.1, -0.05) is 45.6 Å². The van der Waals surface area contributed by atoms with E-state index in [-0.39, 0.29) is 29.7 Å². The van der Waals surface area contributed by atoms with Crippen molar-refractivity contribution in [3.05, 3.63) is 53.6 Å². The molecule has 49 heavy (non-hydrogen) atoms. The maximum atomic E-state index is 15.6. The second-order valence-electron chi connectivity index (χ2n) is 12.9. The molecule has 1 aliphatic carbocycles. The van der Waals surface area contributed by atoms with Crippen LogP contribution in [0.25, 0.3) is 0 Å². The number of methoxy groups -OCH3 is 1. The average molecular weight is 689 g/mol. The zero-order chi connectivity index (χ0) is 35.7. The van der Waals surface area contributed by atoms with Crippen LogP contribution in [0.4, 0.5) is 18.9 Å². The van der Waals surface area contributed by atoms with Gasteiger partial charge in [-0.3, -0.25) is 24.2 Å². The van der Waals surface area contributed by atoms with Crippen molar-refractivity contribution >= 4 is 29.3 Å². The van der Waals surface area contributed by atoms with Gasteiger partial charge in [0.05, 0.1) is 24.6 Å². The molecule has 1 aliphatic heterocycles. The Morgan fingerprint density at radius 2 is 1.67 bits per heavy atom. The number of hydrogen-bond donors (Lipinski definition) is 3. The number of rotatable bonds is 12. The Morgan fingerprint density at radius 1 is 1.00 bits per heavy atom. The van der Waals surface area contributed by atoms with Gasteiger partial charge in [0.25, 0.3) is 5.91 Å². The summed E-state index contributed by atoms with van der Waals surface area (Å²) in [6.45, 7) is 5.78. The van der Waals surface area contributed by atoms with Crippen molar-refractivity contribution in [1.82, 2.24) is 25.4 Å². The van der Waals surface area contributed by atoms with E-state index in [1.54, 1.807) is 24.8 Å². The van der Waals surface area contributed by atoms with E-state index in [9.17, 15) is 19.2 Å². The number of aromatic nitrogens is 1. The van der Waals surface area contributed by atoms with E-state index in [0.717, 1.165) is 37.9 Å². The number of benzene rings is 1. The highest BCUT2D eigenvalue weighted by atomic mass is 19.3. The zero-order valence-electron chi connectivity index (χ0n) is 28.6. The third-order valence-corrected chi connectivity index (χ3v) is 9.53. The third-order valence-electron chi connectivity index (χ3n) is 9.53. The first-order valence-corrected chi connectivity index (χ1v) is 16.9. The molecule has 1 saturated carbocycles. The molecule has 3 N–H and O–H groups in total. The number of ether oxygens (including phenoxy) is 1. The molecule has 14 heteroatoms. The molecular weight excluding hydrogens is 641 g/mol. The van der Waals surface area contributed by atoms with Crippen molar-refractivity contribution in [3.63, 3.8) is 0 Å². The predicted molar refractivity (Wildman–Crippen MR) is 178 cm³/mol. The molecule has 2 aliphatic rings. The molecule has 1 aromatic carbocycles. The summed E-state index contributed by atoms with van der Waals surface area (Å²) in [6.07, 6.45) is 6.63. The number of carbonyl (C=O) groups is 4. The number of likely N-dealkylation sites (N-methyl/N-ethyl adjacent to an activating group) is 1. The quantitative estimate of drug-likeness (QED) is 0.285. The van der Waals surface area contributed by atoms with E-state index in [4.69, 9.17) is 4.74 Å². The first-order valence-electron chi connectivity index (χ1n) is 16.9. The van der Waals surface area contributed by atoms with Gasteiger partial charge in [0, 0.05) is 44.7 Å². The van der Waals surface area contributed by atoms with Crippen LogP contribution in [0, 0.1) is 11.7 Å². The molecule has 3 unspecified atom stereocenters. The summed E-state index contributed by atoms with van der Waals surface area (Å²) in [5.74, 6) is -8.95. The number of nitrogens with one attached hydrogen (secondary N) is 3. The lowest BCUT2D eigenvalue weighted by Crippen LogP contribution is -2.55. The number of piperazine rings is 1. The molecule has 2 fully saturated rings. The number of halogens is 3. The molecule has 2 heterocycles. The van der Waals surface area contributed by atoms with Crippen LogP contribution in [0.3, 0.4) is 0 Å². The molecule has 11 nitrogen and oxygen atoms in total. The number of nitrogens with zero attached hydrogens (tertiary/aromatic N) is 3. The lowest BCUT2D eigenvalue weighted by atomic mass is 9.90. The third kappa shape index (κ3) is 9.49. The van der Waals surface area contributed by atoms with Gasteiger partial charge in [0.15, 0.2) is 0 Å². The molecule has 0 bridgehead atoms. The summed E-state index contributed by atoms with van der Waals surface area (Å²) in [5, 5.41) is 7.57. The van der Waals surface area contributed by atoms with Crippen molar-refractivity contribution in [1.29, 1.82) is 0 Å². The molecule has 4 amide bonds. The molecule has 268 valence electrons.